The lowest BCUT2D eigenvalue weighted by Gasteiger charge is -2.25. The number of hydrogen-bond donors (Lipinski definition) is 4. The van der Waals surface area contributed by atoms with Crippen molar-refractivity contribution in [3.8, 4) is 0 Å². The normalized spacial score (nSPS) is 12.5. The summed E-state index contributed by atoms with van der Waals surface area (Å²) in [6.07, 6.45) is -0.258. The lowest BCUT2D eigenvalue weighted by atomic mass is 10.00. The van der Waals surface area contributed by atoms with Gasteiger partial charge in [-0.15, -0.1) is 0 Å². The Labute approximate surface area is 216 Å². The molecule has 2 amide bonds. The van der Waals surface area contributed by atoms with Crippen molar-refractivity contribution < 1.29 is 23.5 Å². The number of para-hydroxylation sites is 1. The summed E-state index contributed by atoms with van der Waals surface area (Å²) in [6, 6.07) is 19.3. The van der Waals surface area contributed by atoms with Gasteiger partial charge in [-0.1, -0.05) is 49.4 Å². The van der Waals surface area contributed by atoms with E-state index in [1.165, 1.54) is 17.7 Å². The van der Waals surface area contributed by atoms with E-state index in [4.69, 9.17) is 0 Å². The number of amides is 2. The van der Waals surface area contributed by atoms with Crippen LogP contribution in [0.15, 0.2) is 72.8 Å². The zero-order valence-corrected chi connectivity index (χ0v) is 20.8. The van der Waals surface area contributed by atoms with Gasteiger partial charge in [-0.2, -0.15) is 0 Å². The standard InChI is InChI=1S/C29H33F2N3O3/c1-2-20-7-6-8-21(13-20)18-32-19-27(35)26(16-22-14-23(30)17-24(31)15-22)34-29(37)12-11-28(36)33-25-9-4-3-5-10-25/h3-10,13-15,17,26-27,32,35H,2,11-12,16,18-19H2,1H3,(H,33,36)(H,34,37)/t26-,27+/m0/s1. The van der Waals surface area contributed by atoms with E-state index in [1.54, 1.807) is 24.3 Å². The Hall–Kier alpha value is -3.62. The summed E-state index contributed by atoms with van der Waals surface area (Å²) in [4.78, 5) is 24.8. The van der Waals surface area contributed by atoms with Crippen molar-refractivity contribution in [2.24, 2.45) is 0 Å². The molecular formula is C29H33F2N3O3. The number of benzene rings is 3. The first-order chi connectivity index (χ1) is 17.8. The molecule has 0 aliphatic rings. The second kappa shape index (κ2) is 14.2. The molecule has 2 atom stereocenters. The van der Waals surface area contributed by atoms with Crippen molar-refractivity contribution in [3.05, 3.63) is 101 Å². The van der Waals surface area contributed by atoms with Gasteiger partial charge in [-0.05, 0) is 53.8 Å². The van der Waals surface area contributed by atoms with Crippen LogP contribution in [0.4, 0.5) is 14.5 Å². The Bertz CT molecular complexity index is 1150. The highest BCUT2D eigenvalue weighted by Crippen LogP contribution is 2.13. The lowest BCUT2D eigenvalue weighted by molar-refractivity contribution is -0.125. The van der Waals surface area contributed by atoms with Gasteiger partial charge in [0.25, 0.3) is 0 Å². The number of anilines is 1. The minimum absolute atomic E-state index is 0.0186. The molecule has 0 aliphatic heterocycles. The van der Waals surface area contributed by atoms with Crippen LogP contribution in [0.25, 0.3) is 0 Å². The first-order valence-corrected chi connectivity index (χ1v) is 12.4. The third-order valence-corrected chi connectivity index (χ3v) is 5.91. The molecule has 8 heteroatoms. The van der Waals surface area contributed by atoms with Gasteiger partial charge in [0.1, 0.15) is 11.6 Å². The molecule has 3 rings (SSSR count). The van der Waals surface area contributed by atoms with Crippen LogP contribution in [-0.4, -0.2) is 35.6 Å². The van der Waals surface area contributed by atoms with Crippen molar-refractivity contribution in [3.63, 3.8) is 0 Å². The van der Waals surface area contributed by atoms with E-state index in [-0.39, 0.29) is 31.7 Å². The minimum atomic E-state index is -1.04. The Morgan fingerprint density at radius 2 is 1.51 bits per heavy atom. The van der Waals surface area contributed by atoms with Crippen LogP contribution in [-0.2, 0) is 29.0 Å². The van der Waals surface area contributed by atoms with Crippen LogP contribution in [0.2, 0.25) is 0 Å². The highest BCUT2D eigenvalue weighted by molar-refractivity contribution is 5.93. The quantitative estimate of drug-likeness (QED) is 0.279. The molecule has 0 spiro atoms. The van der Waals surface area contributed by atoms with Crippen LogP contribution in [0.1, 0.15) is 36.5 Å². The number of rotatable bonds is 13. The topological polar surface area (TPSA) is 90.5 Å². The smallest absolute Gasteiger partial charge is 0.224 e. The largest absolute Gasteiger partial charge is 0.390 e. The van der Waals surface area contributed by atoms with Gasteiger partial charge in [0.05, 0.1) is 12.1 Å². The summed E-state index contributed by atoms with van der Waals surface area (Å²) < 4.78 is 27.5. The van der Waals surface area contributed by atoms with E-state index >= 15 is 0 Å². The van der Waals surface area contributed by atoms with Crippen LogP contribution in [0, 0.1) is 11.6 Å². The van der Waals surface area contributed by atoms with Gasteiger partial charge >= 0.3 is 0 Å². The fourth-order valence-electron chi connectivity index (χ4n) is 3.98. The number of aliphatic hydroxyl groups excluding tert-OH is 1. The number of carbonyl (C=O) groups is 2. The lowest BCUT2D eigenvalue weighted by Crippen LogP contribution is -2.48. The molecule has 0 bridgehead atoms. The molecule has 6 nitrogen and oxygen atoms in total. The summed E-state index contributed by atoms with van der Waals surface area (Å²) in [7, 11) is 0. The molecule has 37 heavy (non-hydrogen) atoms. The first-order valence-electron chi connectivity index (χ1n) is 12.4. The number of hydrogen-bond acceptors (Lipinski definition) is 4. The molecule has 0 aliphatic carbocycles. The van der Waals surface area contributed by atoms with E-state index in [2.05, 4.69) is 28.9 Å². The summed E-state index contributed by atoms with van der Waals surface area (Å²) >= 11 is 0. The molecule has 0 radical (unpaired) electrons. The Balaban J connectivity index is 1.58. The zero-order valence-electron chi connectivity index (χ0n) is 20.8. The number of carbonyl (C=O) groups excluding carboxylic acids is 2. The third-order valence-electron chi connectivity index (χ3n) is 5.91. The molecular weight excluding hydrogens is 476 g/mol. The van der Waals surface area contributed by atoms with Gasteiger partial charge in [0, 0.05) is 37.7 Å². The maximum Gasteiger partial charge on any atom is 0.224 e. The summed E-state index contributed by atoms with van der Waals surface area (Å²) in [5.41, 5.74) is 3.20. The van der Waals surface area contributed by atoms with E-state index in [9.17, 15) is 23.5 Å². The monoisotopic (exact) mass is 509 g/mol. The molecule has 0 heterocycles. The maximum absolute atomic E-state index is 13.7. The third kappa shape index (κ3) is 9.74. The fourth-order valence-corrected chi connectivity index (χ4v) is 3.98. The van der Waals surface area contributed by atoms with Crippen molar-refractivity contribution in [2.75, 3.05) is 11.9 Å². The van der Waals surface area contributed by atoms with E-state index in [0.29, 0.717) is 17.8 Å². The van der Waals surface area contributed by atoms with E-state index in [0.717, 1.165) is 18.1 Å². The van der Waals surface area contributed by atoms with Crippen molar-refractivity contribution >= 4 is 17.5 Å². The van der Waals surface area contributed by atoms with Crippen molar-refractivity contribution in [1.82, 2.24) is 10.6 Å². The van der Waals surface area contributed by atoms with Crippen LogP contribution in [0.3, 0.4) is 0 Å². The Morgan fingerprint density at radius 3 is 2.22 bits per heavy atom. The van der Waals surface area contributed by atoms with Crippen molar-refractivity contribution in [1.29, 1.82) is 0 Å². The molecule has 3 aromatic carbocycles. The van der Waals surface area contributed by atoms with Crippen LogP contribution >= 0.6 is 0 Å². The average molecular weight is 510 g/mol. The molecule has 4 N–H and O–H groups in total. The second-order valence-electron chi connectivity index (χ2n) is 8.94. The predicted octanol–water partition coefficient (Wildman–Crippen LogP) is 4.12. The van der Waals surface area contributed by atoms with Crippen molar-refractivity contribution in [2.45, 2.75) is 51.3 Å². The fraction of sp³-hybridized carbons (Fsp3) is 0.310. The molecule has 0 aromatic heterocycles. The Kier molecular flexibility index (Phi) is 10.7. The molecule has 0 saturated heterocycles. The molecule has 0 saturated carbocycles. The molecule has 3 aromatic rings. The summed E-state index contributed by atoms with van der Waals surface area (Å²) in [5, 5.41) is 19.5. The summed E-state index contributed by atoms with van der Waals surface area (Å²) in [6.45, 7) is 2.73. The molecule has 0 unspecified atom stereocenters. The molecule has 0 fully saturated rings. The predicted molar refractivity (Wildman–Crippen MR) is 140 cm³/mol. The SMILES string of the molecule is CCc1cccc(CNC[C@@H](O)[C@H](Cc2cc(F)cc(F)c2)NC(=O)CCC(=O)Nc2ccccc2)c1. The highest BCUT2D eigenvalue weighted by Gasteiger charge is 2.23. The van der Waals surface area contributed by atoms with Crippen LogP contribution in [0.5, 0.6) is 0 Å². The summed E-state index contributed by atoms with van der Waals surface area (Å²) in [5.74, 6) is -2.23. The maximum atomic E-state index is 13.7. The average Bonchev–Trinajstić information content (AvgIpc) is 2.87. The first kappa shape index (κ1) is 28.0. The number of halogens is 2. The van der Waals surface area contributed by atoms with Crippen LogP contribution < -0.4 is 16.0 Å². The number of aryl methyl sites for hydroxylation is 1. The Morgan fingerprint density at radius 1 is 0.838 bits per heavy atom. The van der Waals surface area contributed by atoms with E-state index < -0.39 is 29.7 Å². The minimum Gasteiger partial charge on any atom is -0.390 e. The van der Waals surface area contributed by atoms with Gasteiger partial charge in [-0.25, -0.2) is 8.78 Å². The van der Waals surface area contributed by atoms with Gasteiger partial charge in [0.15, 0.2) is 0 Å². The number of nitrogens with one attached hydrogen (secondary N) is 3. The second-order valence-corrected chi connectivity index (χ2v) is 8.94. The van der Waals surface area contributed by atoms with Gasteiger partial charge < -0.3 is 21.1 Å². The van der Waals surface area contributed by atoms with Gasteiger partial charge in [-0.3, -0.25) is 9.59 Å². The number of aliphatic hydroxyl groups is 1. The van der Waals surface area contributed by atoms with E-state index in [1.807, 2.05) is 24.3 Å². The van der Waals surface area contributed by atoms with Gasteiger partial charge in [0.2, 0.25) is 11.8 Å². The molecule has 196 valence electrons. The zero-order chi connectivity index (χ0) is 26.6. The highest BCUT2D eigenvalue weighted by atomic mass is 19.1.